The molecule has 0 bridgehead atoms. The zero-order chi connectivity index (χ0) is 12.3. The summed E-state index contributed by atoms with van der Waals surface area (Å²) in [5.74, 6) is -0.0473. The van der Waals surface area contributed by atoms with Crippen molar-refractivity contribution in [3.63, 3.8) is 0 Å². The number of nitrogens with zero attached hydrogens (tertiary/aromatic N) is 1. The van der Waals surface area contributed by atoms with Crippen molar-refractivity contribution in [3.8, 4) is 0 Å². The van der Waals surface area contributed by atoms with Crippen LogP contribution in [-0.2, 0) is 9.63 Å². The Morgan fingerprint density at radius 3 is 2.81 bits per heavy atom. The number of rotatable bonds is 1. The number of carbonyl (C=O) groups excluding carboxylic acids is 2. The van der Waals surface area contributed by atoms with Gasteiger partial charge in [0.15, 0.2) is 0 Å². The highest BCUT2D eigenvalue weighted by molar-refractivity contribution is 8.15. The van der Waals surface area contributed by atoms with Gasteiger partial charge in [-0.15, -0.1) is 0 Å². The van der Waals surface area contributed by atoms with Gasteiger partial charge in [-0.2, -0.15) is 0 Å². The summed E-state index contributed by atoms with van der Waals surface area (Å²) in [5, 5.41) is 9.16. The number of oxime groups is 1. The topological polar surface area (TPSA) is 79.8 Å². The van der Waals surface area contributed by atoms with E-state index in [0.717, 1.165) is 0 Å². The maximum Gasteiger partial charge on any atom is 0.433 e. The van der Waals surface area contributed by atoms with Crippen molar-refractivity contribution in [2.75, 3.05) is 7.05 Å². The summed E-state index contributed by atoms with van der Waals surface area (Å²) < 4.78 is 0. The number of hydrogen-bond acceptors (Lipinski definition) is 5. The highest BCUT2D eigenvalue weighted by Crippen LogP contribution is 2.27. The molecule has 1 aliphatic rings. The molecular weight excluding hydrogens is 230 g/mol. The quantitative estimate of drug-likeness (QED) is 0.526. The van der Waals surface area contributed by atoms with Crippen molar-refractivity contribution in [3.05, 3.63) is 0 Å². The first-order valence-corrected chi connectivity index (χ1v) is 5.70. The Labute approximate surface area is 98.2 Å². The Morgan fingerprint density at radius 2 is 2.25 bits per heavy atom. The van der Waals surface area contributed by atoms with Crippen LogP contribution < -0.4 is 10.6 Å². The molecule has 2 amide bonds. The lowest BCUT2D eigenvalue weighted by molar-refractivity contribution is -0.121. The average molecular weight is 245 g/mol. The van der Waals surface area contributed by atoms with Gasteiger partial charge in [0.25, 0.3) is 0 Å². The van der Waals surface area contributed by atoms with Crippen molar-refractivity contribution >= 4 is 28.8 Å². The fourth-order valence-electron chi connectivity index (χ4n) is 1.10. The number of thioether (sulfide) groups is 1. The maximum absolute atomic E-state index is 11.4. The van der Waals surface area contributed by atoms with Gasteiger partial charge in [-0.3, -0.25) is 9.63 Å². The Kier molecular flexibility index (Phi) is 3.79. The third-order valence-corrected chi connectivity index (χ3v) is 3.42. The number of carbonyl (C=O) groups is 2. The molecule has 1 fully saturated rings. The van der Waals surface area contributed by atoms with Crippen LogP contribution in [0.4, 0.5) is 4.79 Å². The first kappa shape index (κ1) is 12.8. The molecule has 0 spiro atoms. The van der Waals surface area contributed by atoms with Crippen LogP contribution in [-0.4, -0.2) is 34.9 Å². The molecule has 7 heteroatoms. The molecule has 0 aliphatic carbocycles. The van der Waals surface area contributed by atoms with E-state index in [-0.39, 0.29) is 11.2 Å². The molecule has 1 saturated heterocycles. The second-order valence-corrected chi connectivity index (χ2v) is 5.23. The van der Waals surface area contributed by atoms with E-state index in [9.17, 15) is 9.59 Å². The third-order valence-electron chi connectivity index (χ3n) is 2.04. The van der Waals surface area contributed by atoms with Gasteiger partial charge in [0, 0.05) is 7.05 Å². The van der Waals surface area contributed by atoms with Crippen LogP contribution in [0.1, 0.15) is 20.8 Å². The molecule has 0 radical (unpaired) electrons. The first-order chi connectivity index (χ1) is 7.36. The second-order valence-electron chi connectivity index (χ2n) is 3.90. The summed E-state index contributed by atoms with van der Waals surface area (Å²) >= 11 is 1.29. The van der Waals surface area contributed by atoms with Crippen LogP contribution in [0.2, 0.25) is 0 Å². The van der Waals surface area contributed by atoms with E-state index in [2.05, 4.69) is 20.6 Å². The molecule has 0 aromatic rings. The van der Waals surface area contributed by atoms with Gasteiger partial charge in [0.1, 0.15) is 5.04 Å². The highest BCUT2D eigenvalue weighted by atomic mass is 32.2. The molecule has 16 heavy (non-hydrogen) atoms. The van der Waals surface area contributed by atoms with Crippen molar-refractivity contribution in [1.82, 2.24) is 10.6 Å². The van der Waals surface area contributed by atoms with Crippen LogP contribution >= 0.6 is 11.8 Å². The smallest absolute Gasteiger partial charge is 0.344 e. The number of hydrogen-bond donors (Lipinski definition) is 2. The molecule has 90 valence electrons. The monoisotopic (exact) mass is 245 g/mol. The van der Waals surface area contributed by atoms with E-state index in [4.69, 9.17) is 0 Å². The molecule has 0 aromatic carbocycles. The average Bonchev–Trinajstić information content (AvgIpc) is 2.20. The summed E-state index contributed by atoms with van der Waals surface area (Å²) in [6.07, 6.45) is -0.631. The van der Waals surface area contributed by atoms with Gasteiger partial charge in [0.2, 0.25) is 5.91 Å². The van der Waals surface area contributed by atoms with Gasteiger partial charge < -0.3 is 10.6 Å². The second kappa shape index (κ2) is 4.73. The fourth-order valence-corrected chi connectivity index (χ4v) is 2.02. The van der Waals surface area contributed by atoms with Crippen molar-refractivity contribution < 1.29 is 14.4 Å². The van der Waals surface area contributed by atoms with E-state index in [0.29, 0.717) is 5.04 Å². The van der Waals surface area contributed by atoms with E-state index in [1.807, 2.05) is 0 Å². The van der Waals surface area contributed by atoms with Crippen molar-refractivity contribution in [2.24, 2.45) is 5.16 Å². The molecular formula is C9H15N3O3S. The predicted molar refractivity (Wildman–Crippen MR) is 62.3 cm³/mol. The number of nitrogens with one attached hydrogen (secondary N) is 2. The summed E-state index contributed by atoms with van der Waals surface area (Å²) in [7, 11) is 1.45. The van der Waals surface area contributed by atoms with Gasteiger partial charge in [0.05, 0.1) is 10.8 Å². The summed E-state index contributed by atoms with van der Waals surface area (Å²) in [6, 6.07) is 0. The molecule has 2 N–H and O–H groups in total. The Bertz CT molecular complexity index is 341. The molecule has 1 heterocycles. The minimum absolute atomic E-state index is 0.0473. The van der Waals surface area contributed by atoms with Crippen LogP contribution in [0.5, 0.6) is 0 Å². The SMILES string of the molecule is CNC(=O)O/N=C1\SC(C)C(=O)NC1(C)C. The summed E-state index contributed by atoms with van der Waals surface area (Å²) in [6.45, 7) is 5.37. The Balaban J connectivity index is 2.78. The van der Waals surface area contributed by atoms with Crippen molar-refractivity contribution in [2.45, 2.75) is 31.6 Å². The van der Waals surface area contributed by atoms with Crippen LogP contribution in [0.15, 0.2) is 5.16 Å². The van der Waals surface area contributed by atoms with E-state index in [1.165, 1.54) is 18.8 Å². The fraction of sp³-hybridized carbons (Fsp3) is 0.667. The van der Waals surface area contributed by atoms with E-state index >= 15 is 0 Å². The minimum Gasteiger partial charge on any atom is -0.344 e. The van der Waals surface area contributed by atoms with Gasteiger partial charge >= 0.3 is 6.09 Å². The van der Waals surface area contributed by atoms with Gasteiger partial charge in [-0.05, 0) is 20.8 Å². The Hall–Kier alpha value is -1.24. The largest absolute Gasteiger partial charge is 0.433 e. The zero-order valence-corrected chi connectivity index (χ0v) is 10.5. The lowest BCUT2D eigenvalue weighted by Crippen LogP contribution is -2.55. The molecule has 1 aliphatic heterocycles. The van der Waals surface area contributed by atoms with Gasteiger partial charge in [-0.1, -0.05) is 16.9 Å². The standard InChI is InChI=1S/C9H15N3O3S/c1-5-6(13)11-9(2,3)7(16-5)12-15-8(14)10-4/h5H,1-4H3,(H,10,14)(H,11,13)/b12-7-. The molecule has 1 atom stereocenters. The Morgan fingerprint density at radius 1 is 1.62 bits per heavy atom. The summed E-state index contributed by atoms with van der Waals surface area (Å²) in [4.78, 5) is 26.9. The van der Waals surface area contributed by atoms with Crippen LogP contribution in [0, 0.1) is 0 Å². The lowest BCUT2D eigenvalue weighted by Gasteiger charge is -2.33. The van der Waals surface area contributed by atoms with Crippen LogP contribution in [0.25, 0.3) is 0 Å². The zero-order valence-electron chi connectivity index (χ0n) is 9.66. The molecule has 1 unspecified atom stereocenters. The predicted octanol–water partition coefficient (Wildman–Crippen LogP) is 0.686. The molecule has 1 rings (SSSR count). The molecule has 0 saturated carbocycles. The normalized spacial score (nSPS) is 26.1. The lowest BCUT2D eigenvalue weighted by atomic mass is 10.1. The van der Waals surface area contributed by atoms with Crippen molar-refractivity contribution in [1.29, 1.82) is 0 Å². The van der Waals surface area contributed by atoms with E-state index in [1.54, 1.807) is 20.8 Å². The number of amides is 2. The van der Waals surface area contributed by atoms with Crippen LogP contribution in [0.3, 0.4) is 0 Å². The molecule has 0 aromatic heterocycles. The van der Waals surface area contributed by atoms with Gasteiger partial charge in [-0.25, -0.2) is 4.79 Å². The molecule has 6 nitrogen and oxygen atoms in total. The highest BCUT2D eigenvalue weighted by Gasteiger charge is 2.37. The maximum atomic E-state index is 11.4. The summed E-state index contributed by atoms with van der Waals surface area (Å²) in [5.41, 5.74) is -0.609. The third kappa shape index (κ3) is 2.88. The minimum atomic E-state index is -0.631. The first-order valence-electron chi connectivity index (χ1n) is 4.82. The van der Waals surface area contributed by atoms with E-state index < -0.39 is 11.6 Å².